The van der Waals surface area contributed by atoms with Crippen LogP contribution in [0.4, 0.5) is 11.9 Å². The average molecular weight is 300 g/mol. The lowest BCUT2D eigenvalue weighted by molar-refractivity contribution is 0.122. The van der Waals surface area contributed by atoms with Crippen molar-refractivity contribution in [1.29, 1.82) is 0 Å². The second-order valence-electron chi connectivity index (χ2n) is 5.11. The van der Waals surface area contributed by atoms with Crippen LogP contribution in [0.1, 0.15) is 12.8 Å². The van der Waals surface area contributed by atoms with Crippen molar-refractivity contribution >= 4 is 23.5 Å². The Hall–Kier alpha value is -1.18. The van der Waals surface area contributed by atoms with Crippen LogP contribution in [0, 0.1) is 5.92 Å². The Bertz CT molecular complexity index is 465. The number of hydrogen-bond donors (Lipinski definition) is 2. The number of hydrogen-bond acceptors (Lipinski definition) is 7. The molecule has 1 saturated carbocycles. The highest BCUT2D eigenvalue weighted by molar-refractivity contribution is 6.28. The number of nitrogens with one attached hydrogen (secondary N) is 1. The number of nitrogens with zero attached hydrogens (tertiary/aromatic N) is 4. The van der Waals surface area contributed by atoms with E-state index in [9.17, 15) is 5.11 Å². The molecular formula is C12H18ClN5O2. The van der Waals surface area contributed by atoms with Crippen LogP contribution in [-0.4, -0.2) is 59.0 Å². The van der Waals surface area contributed by atoms with E-state index in [-0.39, 0.29) is 11.4 Å². The summed E-state index contributed by atoms with van der Waals surface area (Å²) in [5.74, 6) is 1.38. The Morgan fingerprint density at radius 1 is 1.30 bits per heavy atom. The molecule has 20 heavy (non-hydrogen) atoms. The number of aliphatic hydroxyl groups excluding tert-OH is 1. The molecule has 1 aliphatic carbocycles. The molecule has 1 aliphatic heterocycles. The molecule has 1 aromatic heterocycles. The maximum absolute atomic E-state index is 9.84. The molecule has 2 aliphatic rings. The minimum Gasteiger partial charge on any atom is -0.391 e. The van der Waals surface area contributed by atoms with Crippen molar-refractivity contribution in [2.24, 2.45) is 5.92 Å². The van der Waals surface area contributed by atoms with Gasteiger partial charge in [-0.3, -0.25) is 0 Å². The highest BCUT2D eigenvalue weighted by Crippen LogP contribution is 2.32. The zero-order valence-corrected chi connectivity index (χ0v) is 11.9. The summed E-state index contributed by atoms with van der Waals surface area (Å²) in [4.78, 5) is 14.6. The van der Waals surface area contributed by atoms with E-state index in [1.54, 1.807) is 0 Å². The third-order valence-corrected chi connectivity index (χ3v) is 3.69. The van der Waals surface area contributed by atoms with Gasteiger partial charge in [0.15, 0.2) is 0 Å². The van der Waals surface area contributed by atoms with Crippen molar-refractivity contribution in [1.82, 2.24) is 15.0 Å². The van der Waals surface area contributed by atoms with E-state index in [2.05, 4.69) is 20.3 Å². The number of rotatable bonds is 5. The standard InChI is InChI=1S/C12H18ClN5O2/c13-10-15-11(14-7-9(19)8-1-2-8)17-12(16-10)18-3-5-20-6-4-18/h8-9,19H,1-7H2,(H,14,15,16,17). The molecular weight excluding hydrogens is 282 g/mol. The molecule has 0 amide bonds. The van der Waals surface area contributed by atoms with Crippen LogP contribution >= 0.6 is 11.6 Å². The minimum atomic E-state index is -0.350. The fourth-order valence-electron chi connectivity index (χ4n) is 2.17. The number of aliphatic hydroxyl groups is 1. The maximum atomic E-state index is 9.84. The van der Waals surface area contributed by atoms with E-state index < -0.39 is 0 Å². The molecule has 7 nitrogen and oxygen atoms in total. The Morgan fingerprint density at radius 3 is 2.75 bits per heavy atom. The van der Waals surface area contributed by atoms with Gasteiger partial charge in [-0.05, 0) is 30.4 Å². The van der Waals surface area contributed by atoms with Crippen LogP contribution in [0.3, 0.4) is 0 Å². The summed E-state index contributed by atoms with van der Waals surface area (Å²) >= 11 is 5.94. The number of morpholine rings is 1. The van der Waals surface area contributed by atoms with Crippen molar-refractivity contribution < 1.29 is 9.84 Å². The van der Waals surface area contributed by atoms with E-state index >= 15 is 0 Å². The SMILES string of the molecule is OC(CNc1nc(Cl)nc(N2CCOCC2)n1)C1CC1. The summed E-state index contributed by atoms with van der Waals surface area (Å²) in [6.07, 6.45) is 1.84. The second-order valence-corrected chi connectivity index (χ2v) is 5.45. The van der Waals surface area contributed by atoms with Crippen molar-refractivity contribution in [3.05, 3.63) is 5.28 Å². The van der Waals surface area contributed by atoms with Gasteiger partial charge in [0.2, 0.25) is 17.2 Å². The number of ether oxygens (including phenoxy) is 1. The molecule has 0 spiro atoms. The van der Waals surface area contributed by atoms with E-state index in [0.717, 1.165) is 25.9 Å². The maximum Gasteiger partial charge on any atom is 0.231 e. The largest absolute Gasteiger partial charge is 0.391 e. The Kier molecular flexibility index (Phi) is 4.18. The van der Waals surface area contributed by atoms with Gasteiger partial charge in [-0.1, -0.05) is 0 Å². The summed E-state index contributed by atoms with van der Waals surface area (Å²) in [5, 5.41) is 13.0. The lowest BCUT2D eigenvalue weighted by atomic mass is 10.2. The molecule has 0 aromatic carbocycles. The fraction of sp³-hybridized carbons (Fsp3) is 0.750. The van der Waals surface area contributed by atoms with Gasteiger partial charge < -0.3 is 20.1 Å². The van der Waals surface area contributed by atoms with E-state index in [0.29, 0.717) is 37.6 Å². The Balaban J connectivity index is 1.65. The van der Waals surface area contributed by atoms with E-state index in [4.69, 9.17) is 16.3 Å². The van der Waals surface area contributed by atoms with Crippen LogP contribution in [0.15, 0.2) is 0 Å². The van der Waals surface area contributed by atoms with E-state index in [1.807, 2.05) is 4.90 Å². The molecule has 1 aromatic rings. The van der Waals surface area contributed by atoms with Crippen molar-refractivity contribution in [2.75, 3.05) is 43.1 Å². The Labute approximate surface area is 122 Å². The molecule has 1 atom stereocenters. The van der Waals surface area contributed by atoms with Crippen molar-refractivity contribution in [3.8, 4) is 0 Å². The lowest BCUT2D eigenvalue weighted by Crippen LogP contribution is -2.37. The molecule has 110 valence electrons. The normalized spacial score (nSPS) is 20.8. The average Bonchev–Trinajstić information content (AvgIpc) is 3.30. The number of halogens is 1. The topological polar surface area (TPSA) is 83.4 Å². The van der Waals surface area contributed by atoms with Crippen LogP contribution in [0.2, 0.25) is 5.28 Å². The van der Waals surface area contributed by atoms with Gasteiger partial charge in [0.25, 0.3) is 0 Å². The highest BCUT2D eigenvalue weighted by Gasteiger charge is 2.29. The van der Waals surface area contributed by atoms with E-state index in [1.165, 1.54) is 0 Å². The third kappa shape index (κ3) is 3.47. The molecule has 0 bridgehead atoms. The molecule has 8 heteroatoms. The van der Waals surface area contributed by atoms with Gasteiger partial charge in [-0.2, -0.15) is 15.0 Å². The molecule has 0 radical (unpaired) electrons. The third-order valence-electron chi connectivity index (χ3n) is 3.53. The predicted octanol–water partition coefficient (Wildman–Crippen LogP) is 0.544. The predicted molar refractivity (Wildman–Crippen MR) is 75.1 cm³/mol. The molecule has 2 fully saturated rings. The Morgan fingerprint density at radius 2 is 2.05 bits per heavy atom. The first kappa shape index (κ1) is 13.8. The first-order chi connectivity index (χ1) is 9.72. The summed E-state index contributed by atoms with van der Waals surface area (Å²) < 4.78 is 5.30. The summed E-state index contributed by atoms with van der Waals surface area (Å²) in [7, 11) is 0. The summed E-state index contributed by atoms with van der Waals surface area (Å²) in [6, 6.07) is 0. The molecule has 1 saturated heterocycles. The first-order valence-electron chi connectivity index (χ1n) is 6.88. The quantitative estimate of drug-likeness (QED) is 0.821. The molecule has 1 unspecified atom stereocenters. The van der Waals surface area contributed by atoms with Gasteiger partial charge >= 0.3 is 0 Å². The molecule has 2 N–H and O–H groups in total. The zero-order chi connectivity index (χ0) is 13.9. The highest BCUT2D eigenvalue weighted by atomic mass is 35.5. The summed E-state index contributed by atoms with van der Waals surface area (Å²) in [5.41, 5.74) is 0. The van der Waals surface area contributed by atoms with Gasteiger partial charge in [0, 0.05) is 19.6 Å². The van der Waals surface area contributed by atoms with Crippen LogP contribution in [0.5, 0.6) is 0 Å². The second kappa shape index (κ2) is 6.07. The van der Waals surface area contributed by atoms with Crippen LogP contribution < -0.4 is 10.2 Å². The lowest BCUT2D eigenvalue weighted by Gasteiger charge is -2.26. The fourth-order valence-corrected chi connectivity index (χ4v) is 2.32. The smallest absolute Gasteiger partial charge is 0.231 e. The molecule has 2 heterocycles. The van der Waals surface area contributed by atoms with Gasteiger partial charge in [-0.25, -0.2) is 0 Å². The number of anilines is 2. The van der Waals surface area contributed by atoms with Gasteiger partial charge in [0.05, 0.1) is 19.3 Å². The first-order valence-corrected chi connectivity index (χ1v) is 7.26. The van der Waals surface area contributed by atoms with Crippen molar-refractivity contribution in [3.63, 3.8) is 0 Å². The minimum absolute atomic E-state index is 0.157. The van der Waals surface area contributed by atoms with Crippen LogP contribution in [-0.2, 0) is 4.74 Å². The van der Waals surface area contributed by atoms with Crippen molar-refractivity contribution in [2.45, 2.75) is 18.9 Å². The monoisotopic (exact) mass is 299 g/mol. The number of aromatic nitrogens is 3. The van der Waals surface area contributed by atoms with Gasteiger partial charge in [-0.15, -0.1) is 0 Å². The zero-order valence-electron chi connectivity index (χ0n) is 11.1. The van der Waals surface area contributed by atoms with Crippen LogP contribution in [0.25, 0.3) is 0 Å². The molecule has 3 rings (SSSR count). The summed E-state index contributed by atoms with van der Waals surface area (Å²) in [6.45, 7) is 3.24. The van der Waals surface area contributed by atoms with Gasteiger partial charge in [0.1, 0.15) is 0 Å².